The number of para-hydroxylation sites is 1. The van der Waals surface area contributed by atoms with Gasteiger partial charge in [-0.2, -0.15) is 0 Å². The first-order chi connectivity index (χ1) is 15.0. The number of urea groups is 1. The fourth-order valence-electron chi connectivity index (χ4n) is 3.15. The Morgan fingerprint density at radius 3 is 2.74 bits per heavy atom. The monoisotopic (exact) mass is 434 g/mol. The van der Waals surface area contributed by atoms with Gasteiger partial charge in [0.05, 0.1) is 22.8 Å². The standard InChI is InChI=1S/C23H22N4O3S/c1-14(16-6-5-7-17(12-16)26-15(2)28)25-23(29)24-13-18-10-11-20(30-18)22-27-19-8-3-4-9-21(19)31-22/h3-12,14H,13H2,1-2H3,(H,26,28)(H2,24,25,29). The Kier molecular flexibility index (Phi) is 5.99. The van der Waals surface area contributed by atoms with Crippen LogP contribution in [0.1, 0.15) is 31.2 Å². The maximum absolute atomic E-state index is 12.3. The molecule has 158 valence electrons. The number of amides is 3. The number of furan rings is 1. The van der Waals surface area contributed by atoms with Crippen molar-refractivity contribution < 1.29 is 14.0 Å². The maximum Gasteiger partial charge on any atom is 0.315 e. The minimum absolute atomic E-state index is 0.140. The molecule has 0 aliphatic rings. The molecule has 4 aromatic rings. The highest BCUT2D eigenvalue weighted by Crippen LogP contribution is 2.31. The number of carbonyl (C=O) groups is 2. The minimum Gasteiger partial charge on any atom is -0.457 e. The van der Waals surface area contributed by atoms with Crippen LogP contribution in [0.5, 0.6) is 0 Å². The number of hydrogen-bond donors (Lipinski definition) is 3. The van der Waals surface area contributed by atoms with Gasteiger partial charge in [-0.15, -0.1) is 11.3 Å². The maximum atomic E-state index is 12.3. The van der Waals surface area contributed by atoms with Crippen molar-refractivity contribution in [3.05, 3.63) is 72.0 Å². The summed E-state index contributed by atoms with van der Waals surface area (Å²) in [5.74, 6) is 1.19. The molecular weight excluding hydrogens is 412 g/mol. The second-order valence-corrected chi connectivity index (χ2v) is 8.14. The van der Waals surface area contributed by atoms with Gasteiger partial charge in [0, 0.05) is 12.6 Å². The Labute approximate surface area is 183 Å². The topological polar surface area (TPSA) is 96.3 Å². The highest BCUT2D eigenvalue weighted by molar-refractivity contribution is 7.21. The highest BCUT2D eigenvalue weighted by atomic mass is 32.1. The van der Waals surface area contributed by atoms with Gasteiger partial charge in [-0.1, -0.05) is 24.3 Å². The van der Waals surface area contributed by atoms with Crippen LogP contribution in [-0.2, 0) is 11.3 Å². The molecule has 0 spiro atoms. The molecule has 8 heteroatoms. The summed E-state index contributed by atoms with van der Waals surface area (Å²) < 4.78 is 6.96. The lowest BCUT2D eigenvalue weighted by Gasteiger charge is -2.16. The van der Waals surface area contributed by atoms with Crippen molar-refractivity contribution in [2.24, 2.45) is 0 Å². The Balaban J connectivity index is 1.33. The van der Waals surface area contributed by atoms with Crippen molar-refractivity contribution in [3.63, 3.8) is 0 Å². The molecule has 0 aliphatic carbocycles. The molecule has 0 fully saturated rings. The average molecular weight is 435 g/mol. The average Bonchev–Trinajstić information content (AvgIpc) is 3.38. The molecule has 2 aromatic carbocycles. The molecule has 1 atom stereocenters. The SMILES string of the molecule is CC(=O)Nc1cccc(C(C)NC(=O)NCc2ccc(-c3nc4ccccc4s3)o2)c1. The van der Waals surface area contributed by atoms with Gasteiger partial charge in [-0.25, -0.2) is 9.78 Å². The van der Waals surface area contributed by atoms with Crippen LogP contribution in [0.3, 0.4) is 0 Å². The summed E-state index contributed by atoms with van der Waals surface area (Å²) in [6.07, 6.45) is 0. The second kappa shape index (κ2) is 9.01. The fourth-order valence-corrected chi connectivity index (χ4v) is 4.08. The zero-order valence-electron chi connectivity index (χ0n) is 17.1. The zero-order chi connectivity index (χ0) is 21.8. The number of hydrogen-bond acceptors (Lipinski definition) is 5. The quantitative estimate of drug-likeness (QED) is 0.394. The van der Waals surface area contributed by atoms with Crippen LogP contribution in [0.2, 0.25) is 0 Å². The summed E-state index contributed by atoms with van der Waals surface area (Å²) in [7, 11) is 0. The first kappa shape index (κ1) is 20.6. The Hall–Kier alpha value is -3.65. The second-order valence-electron chi connectivity index (χ2n) is 7.11. The van der Waals surface area contributed by atoms with E-state index in [0.717, 1.165) is 20.8 Å². The van der Waals surface area contributed by atoms with Gasteiger partial charge in [-0.3, -0.25) is 4.79 Å². The number of nitrogens with one attached hydrogen (secondary N) is 3. The summed E-state index contributed by atoms with van der Waals surface area (Å²) in [6.45, 7) is 3.60. The molecule has 0 bridgehead atoms. The number of thiazole rings is 1. The van der Waals surface area contributed by atoms with E-state index >= 15 is 0 Å². The van der Waals surface area contributed by atoms with E-state index in [2.05, 4.69) is 20.9 Å². The van der Waals surface area contributed by atoms with Crippen molar-refractivity contribution in [1.82, 2.24) is 15.6 Å². The Bertz CT molecular complexity index is 1200. The van der Waals surface area contributed by atoms with Gasteiger partial charge in [0.2, 0.25) is 5.91 Å². The van der Waals surface area contributed by atoms with Crippen LogP contribution in [0.25, 0.3) is 21.0 Å². The first-order valence-corrected chi connectivity index (χ1v) is 10.7. The lowest BCUT2D eigenvalue weighted by molar-refractivity contribution is -0.114. The molecule has 3 amide bonds. The normalized spacial score (nSPS) is 11.8. The van der Waals surface area contributed by atoms with E-state index in [1.807, 2.05) is 61.5 Å². The van der Waals surface area contributed by atoms with Gasteiger partial charge >= 0.3 is 6.03 Å². The van der Waals surface area contributed by atoms with Crippen LogP contribution in [-0.4, -0.2) is 16.9 Å². The summed E-state index contributed by atoms with van der Waals surface area (Å²) >= 11 is 1.57. The van der Waals surface area contributed by atoms with Crippen molar-refractivity contribution in [2.45, 2.75) is 26.4 Å². The number of rotatable bonds is 6. The number of nitrogens with zero attached hydrogens (tertiary/aromatic N) is 1. The number of fused-ring (bicyclic) bond motifs is 1. The summed E-state index contributed by atoms with van der Waals surface area (Å²) in [5.41, 5.74) is 2.52. The predicted octanol–water partition coefficient (Wildman–Crippen LogP) is 5.08. The fraction of sp³-hybridized carbons (Fsp3) is 0.174. The molecule has 7 nitrogen and oxygen atoms in total. The van der Waals surface area contributed by atoms with E-state index in [1.54, 1.807) is 17.4 Å². The first-order valence-electron chi connectivity index (χ1n) is 9.84. The highest BCUT2D eigenvalue weighted by Gasteiger charge is 2.13. The van der Waals surface area contributed by atoms with Gasteiger partial charge in [0.25, 0.3) is 0 Å². The predicted molar refractivity (Wildman–Crippen MR) is 122 cm³/mol. The van der Waals surface area contributed by atoms with E-state index < -0.39 is 0 Å². The van der Waals surface area contributed by atoms with Gasteiger partial charge in [-0.05, 0) is 48.9 Å². The van der Waals surface area contributed by atoms with Crippen LogP contribution >= 0.6 is 11.3 Å². The Morgan fingerprint density at radius 1 is 1.10 bits per heavy atom. The number of anilines is 1. The third-order valence-corrected chi connectivity index (χ3v) is 5.70. The Morgan fingerprint density at radius 2 is 1.94 bits per heavy atom. The van der Waals surface area contributed by atoms with Crippen LogP contribution in [0, 0.1) is 0 Å². The van der Waals surface area contributed by atoms with Gasteiger partial charge in [0.15, 0.2) is 10.8 Å². The number of carbonyl (C=O) groups excluding carboxylic acids is 2. The molecule has 0 saturated carbocycles. The van der Waals surface area contributed by atoms with E-state index in [-0.39, 0.29) is 24.5 Å². The largest absolute Gasteiger partial charge is 0.457 e. The molecule has 31 heavy (non-hydrogen) atoms. The van der Waals surface area contributed by atoms with Crippen LogP contribution in [0.15, 0.2) is 65.1 Å². The molecule has 0 aliphatic heterocycles. The van der Waals surface area contributed by atoms with Crippen molar-refractivity contribution in [2.75, 3.05) is 5.32 Å². The van der Waals surface area contributed by atoms with Gasteiger partial charge < -0.3 is 20.4 Å². The van der Waals surface area contributed by atoms with Crippen LogP contribution in [0.4, 0.5) is 10.5 Å². The number of benzene rings is 2. The van der Waals surface area contributed by atoms with E-state index in [1.165, 1.54) is 6.92 Å². The molecule has 3 N–H and O–H groups in total. The lowest BCUT2D eigenvalue weighted by atomic mass is 10.1. The van der Waals surface area contributed by atoms with Crippen LogP contribution < -0.4 is 16.0 Å². The summed E-state index contributed by atoms with van der Waals surface area (Å²) in [6, 6.07) is 18.5. The third-order valence-electron chi connectivity index (χ3n) is 4.64. The molecule has 2 aromatic heterocycles. The molecule has 0 radical (unpaired) electrons. The zero-order valence-corrected chi connectivity index (χ0v) is 18.0. The van der Waals surface area contributed by atoms with E-state index in [9.17, 15) is 9.59 Å². The van der Waals surface area contributed by atoms with Gasteiger partial charge in [0.1, 0.15) is 5.76 Å². The van der Waals surface area contributed by atoms with E-state index in [4.69, 9.17) is 4.42 Å². The minimum atomic E-state index is -0.310. The molecular formula is C23H22N4O3S. The summed E-state index contributed by atoms with van der Waals surface area (Å²) in [5, 5.41) is 9.25. The molecule has 0 saturated heterocycles. The molecule has 2 heterocycles. The van der Waals surface area contributed by atoms with Crippen molar-refractivity contribution in [3.8, 4) is 10.8 Å². The van der Waals surface area contributed by atoms with Crippen molar-refractivity contribution >= 4 is 39.2 Å². The summed E-state index contributed by atoms with van der Waals surface area (Å²) in [4.78, 5) is 28.1. The lowest BCUT2D eigenvalue weighted by Crippen LogP contribution is -2.36. The van der Waals surface area contributed by atoms with Crippen molar-refractivity contribution in [1.29, 1.82) is 0 Å². The smallest absolute Gasteiger partial charge is 0.315 e. The van der Waals surface area contributed by atoms with E-state index in [0.29, 0.717) is 17.2 Å². The molecule has 4 rings (SSSR count). The number of aromatic nitrogens is 1. The third kappa shape index (κ3) is 5.10. The molecule has 1 unspecified atom stereocenters.